The summed E-state index contributed by atoms with van der Waals surface area (Å²) in [6.07, 6.45) is -1.10. The summed E-state index contributed by atoms with van der Waals surface area (Å²) < 4.78 is 49.6. The van der Waals surface area contributed by atoms with Gasteiger partial charge in [0.05, 0.1) is 12.0 Å². The molecule has 0 aliphatic rings. The lowest BCUT2D eigenvalue weighted by molar-refractivity contribution is -0.138. The smallest absolute Gasteiger partial charge is 0.416 e. The average Bonchev–Trinajstić information content (AvgIpc) is 2.74. The van der Waals surface area contributed by atoms with E-state index in [1.54, 1.807) is 61.5 Å². The van der Waals surface area contributed by atoms with Gasteiger partial charge in [-0.3, -0.25) is 4.79 Å². The maximum absolute atomic E-state index is 12.6. The van der Waals surface area contributed by atoms with Gasteiger partial charge in [0, 0.05) is 0 Å². The van der Waals surface area contributed by atoms with E-state index >= 15 is 0 Å². The predicted molar refractivity (Wildman–Crippen MR) is 115 cm³/mol. The van der Waals surface area contributed by atoms with Crippen LogP contribution in [0.25, 0.3) is 6.08 Å². The zero-order valence-electron chi connectivity index (χ0n) is 17.2. The molecular weight excluding hydrogens is 421 g/mol. The van der Waals surface area contributed by atoms with Crippen LogP contribution in [-0.4, -0.2) is 17.7 Å². The van der Waals surface area contributed by atoms with E-state index in [-0.39, 0.29) is 13.0 Å². The maximum Gasteiger partial charge on any atom is 0.416 e. The molecule has 0 unspecified atom stereocenters. The Bertz CT molecular complexity index is 1100. The van der Waals surface area contributed by atoms with Crippen molar-refractivity contribution in [2.75, 3.05) is 6.61 Å². The summed E-state index contributed by atoms with van der Waals surface area (Å²) in [4.78, 5) is 11.0. The number of hydrogen-bond donors (Lipinski definition) is 1. The van der Waals surface area contributed by atoms with E-state index < -0.39 is 17.7 Å². The molecular formula is C25H21F3O4. The fraction of sp³-hybridized carbons (Fsp3) is 0.160. The van der Waals surface area contributed by atoms with Gasteiger partial charge in [-0.1, -0.05) is 42.5 Å². The lowest BCUT2D eigenvalue weighted by atomic mass is 10.1. The number of carboxylic acids is 1. The van der Waals surface area contributed by atoms with Crippen LogP contribution in [-0.2, 0) is 17.4 Å². The summed E-state index contributed by atoms with van der Waals surface area (Å²) in [5.74, 6) is 0.549. The molecule has 0 spiro atoms. The van der Waals surface area contributed by atoms with Crippen LogP contribution in [0.4, 0.5) is 13.2 Å². The first-order chi connectivity index (χ1) is 15.2. The third-order valence-corrected chi connectivity index (χ3v) is 4.69. The first-order valence-corrected chi connectivity index (χ1v) is 9.78. The number of halogens is 3. The minimum absolute atomic E-state index is 0.101. The van der Waals surface area contributed by atoms with Gasteiger partial charge >= 0.3 is 12.1 Å². The van der Waals surface area contributed by atoms with Crippen LogP contribution in [0.3, 0.4) is 0 Å². The van der Waals surface area contributed by atoms with Crippen molar-refractivity contribution in [1.82, 2.24) is 0 Å². The summed E-state index contributed by atoms with van der Waals surface area (Å²) in [6.45, 7) is 1.98. The molecule has 0 bridgehead atoms. The molecule has 0 saturated heterocycles. The number of carboxylic acid groups (broad SMARTS) is 1. The molecule has 3 aromatic rings. The lowest BCUT2D eigenvalue weighted by Crippen LogP contribution is -2.04. The molecule has 3 aromatic carbocycles. The summed E-state index contributed by atoms with van der Waals surface area (Å²) in [6, 6.07) is 17.1. The van der Waals surface area contributed by atoms with E-state index in [9.17, 15) is 18.0 Å². The second-order valence-electron chi connectivity index (χ2n) is 6.99. The summed E-state index contributed by atoms with van der Waals surface area (Å²) in [5, 5.41) is 9.05. The molecule has 3 rings (SSSR count). The average molecular weight is 442 g/mol. The molecule has 0 fully saturated rings. The summed E-state index contributed by atoms with van der Waals surface area (Å²) in [7, 11) is 0. The minimum Gasteiger partial charge on any atom is -0.486 e. The highest BCUT2D eigenvalue weighted by Crippen LogP contribution is 2.34. The number of aliphatic carboxylic acids is 1. The second kappa shape index (κ2) is 10.0. The topological polar surface area (TPSA) is 55.8 Å². The van der Waals surface area contributed by atoms with Crippen LogP contribution in [0, 0.1) is 6.92 Å². The van der Waals surface area contributed by atoms with E-state index in [0.717, 1.165) is 17.7 Å². The van der Waals surface area contributed by atoms with E-state index in [1.807, 2.05) is 0 Å². The molecule has 0 heterocycles. The monoisotopic (exact) mass is 442 g/mol. The van der Waals surface area contributed by atoms with Crippen molar-refractivity contribution >= 4 is 12.0 Å². The third kappa shape index (κ3) is 6.14. The van der Waals surface area contributed by atoms with Crippen LogP contribution in [0.1, 0.15) is 22.3 Å². The normalized spacial score (nSPS) is 11.5. The van der Waals surface area contributed by atoms with Gasteiger partial charge < -0.3 is 14.6 Å². The van der Waals surface area contributed by atoms with Crippen molar-refractivity contribution in [3.8, 4) is 17.2 Å². The molecule has 1 N–H and O–H groups in total. The van der Waals surface area contributed by atoms with Crippen molar-refractivity contribution < 1.29 is 32.5 Å². The van der Waals surface area contributed by atoms with Gasteiger partial charge in [-0.25, -0.2) is 0 Å². The Morgan fingerprint density at radius 1 is 0.938 bits per heavy atom. The number of hydrogen-bond acceptors (Lipinski definition) is 3. The number of rotatable bonds is 8. The summed E-state index contributed by atoms with van der Waals surface area (Å²) >= 11 is 0. The van der Waals surface area contributed by atoms with Crippen molar-refractivity contribution in [3.05, 3.63) is 95.1 Å². The molecule has 0 aliphatic heterocycles. The Hall–Kier alpha value is -3.74. The van der Waals surface area contributed by atoms with E-state index in [1.165, 1.54) is 12.1 Å². The molecule has 0 atom stereocenters. The van der Waals surface area contributed by atoms with E-state index in [4.69, 9.17) is 14.6 Å². The van der Waals surface area contributed by atoms with Gasteiger partial charge in [-0.15, -0.1) is 0 Å². The quantitative estimate of drug-likeness (QED) is 0.431. The van der Waals surface area contributed by atoms with Crippen molar-refractivity contribution in [3.63, 3.8) is 0 Å². The van der Waals surface area contributed by atoms with E-state index in [2.05, 4.69) is 0 Å². The molecule has 0 radical (unpaired) electrons. The number of carbonyl (C=O) groups is 1. The standard InChI is InChI=1S/C25H21F3O4/c1-17-19(16-24(29)30)7-4-10-21(17)32-23-9-3-2-8-22(23)31-15-5-6-18-11-13-20(14-12-18)25(26,27)28/h2-14H,15-16H2,1H3,(H,29,30)/b6-5+. The number of benzene rings is 3. The van der Waals surface area contributed by atoms with Gasteiger partial charge in [0.15, 0.2) is 11.5 Å². The van der Waals surface area contributed by atoms with Gasteiger partial charge in [-0.05, 0) is 60.0 Å². The first-order valence-electron chi connectivity index (χ1n) is 9.78. The largest absolute Gasteiger partial charge is 0.486 e. The highest BCUT2D eigenvalue weighted by molar-refractivity contribution is 5.71. The van der Waals surface area contributed by atoms with Gasteiger partial charge in [-0.2, -0.15) is 13.2 Å². The first kappa shape index (κ1) is 22.9. The van der Waals surface area contributed by atoms with Gasteiger partial charge in [0.2, 0.25) is 0 Å². The molecule has 7 heteroatoms. The number of para-hydroxylation sites is 2. The predicted octanol–water partition coefficient (Wildman–Crippen LogP) is 6.53. The molecule has 4 nitrogen and oxygen atoms in total. The fourth-order valence-electron chi connectivity index (χ4n) is 3.00. The Labute approximate surface area is 183 Å². The molecule has 166 valence electrons. The van der Waals surface area contributed by atoms with Crippen molar-refractivity contribution in [1.29, 1.82) is 0 Å². The highest BCUT2D eigenvalue weighted by Gasteiger charge is 2.29. The highest BCUT2D eigenvalue weighted by atomic mass is 19.4. The zero-order chi connectivity index (χ0) is 23.1. The summed E-state index contributed by atoms with van der Waals surface area (Å²) in [5.41, 5.74) is 1.32. The van der Waals surface area contributed by atoms with Crippen molar-refractivity contribution in [2.45, 2.75) is 19.5 Å². The SMILES string of the molecule is Cc1c(CC(=O)O)cccc1Oc1ccccc1OC/C=C/c1ccc(C(F)(F)F)cc1. The van der Waals surface area contributed by atoms with Crippen LogP contribution in [0.5, 0.6) is 17.2 Å². The zero-order valence-corrected chi connectivity index (χ0v) is 17.2. The third-order valence-electron chi connectivity index (χ3n) is 4.69. The van der Waals surface area contributed by atoms with Crippen LogP contribution < -0.4 is 9.47 Å². The molecule has 0 aliphatic carbocycles. The molecule has 32 heavy (non-hydrogen) atoms. The Morgan fingerprint density at radius 2 is 1.59 bits per heavy atom. The Morgan fingerprint density at radius 3 is 2.25 bits per heavy atom. The van der Waals surface area contributed by atoms with Crippen LogP contribution in [0.2, 0.25) is 0 Å². The Kier molecular flexibility index (Phi) is 7.20. The maximum atomic E-state index is 12.6. The van der Waals surface area contributed by atoms with Crippen molar-refractivity contribution in [2.24, 2.45) is 0 Å². The van der Waals surface area contributed by atoms with Gasteiger partial charge in [0.1, 0.15) is 12.4 Å². The number of alkyl halides is 3. The van der Waals surface area contributed by atoms with Crippen LogP contribution in [0.15, 0.2) is 72.8 Å². The van der Waals surface area contributed by atoms with E-state index in [0.29, 0.717) is 28.4 Å². The molecule has 0 saturated carbocycles. The van der Waals surface area contributed by atoms with Crippen LogP contribution >= 0.6 is 0 Å². The second-order valence-corrected chi connectivity index (χ2v) is 6.99. The Balaban J connectivity index is 1.66. The fourth-order valence-corrected chi connectivity index (χ4v) is 3.00. The minimum atomic E-state index is -4.36. The molecule has 0 aromatic heterocycles. The molecule has 0 amide bonds. The van der Waals surface area contributed by atoms with Gasteiger partial charge in [0.25, 0.3) is 0 Å². The number of ether oxygens (including phenoxy) is 2. The lowest BCUT2D eigenvalue weighted by Gasteiger charge is -2.14.